The molecule has 0 bridgehead atoms. The number of nitro groups is 1. The maximum atomic E-state index is 10.6. The van der Waals surface area contributed by atoms with Gasteiger partial charge >= 0.3 is 0 Å². The first-order valence-electron chi connectivity index (χ1n) is 4.10. The molecule has 2 aromatic rings. The van der Waals surface area contributed by atoms with Gasteiger partial charge in [-0.1, -0.05) is 0 Å². The molecule has 1 heterocycles. The van der Waals surface area contributed by atoms with Crippen molar-refractivity contribution in [2.24, 2.45) is 0 Å². The number of rotatable bonds is 1. The number of benzene rings is 1. The summed E-state index contributed by atoms with van der Waals surface area (Å²) in [4.78, 5) is 14.5. The minimum atomic E-state index is -0.374. The van der Waals surface area contributed by atoms with Crippen LogP contribution in [0.1, 0.15) is 10.6 Å². The van der Waals surface area contributed by atoms with Crippen molar-refractivity contribution < 1.29 is 4.92 Å². The first-order valence-corrected chi connectivity index (χ1v) is 4.92. The molecule has 0 amide bonds. The second-order valence-electron chi connectivity index (χ2n) is 3.10. The third kappa shape index (κ3) is 1.95. The van der Waals surface area contributed by atoms with Crippen LogP contribution in [0.25, 0.3) is 10.2 Å². The Morgan fingerprint density at radius 2 is 2.07 bits per heavy atom. The maximum absolute atomic E-state index is 10.6. The lowest BCUT2D eigenvalue weighted by Gasteiger charge is -1.94. The van der Waals surface area contributed by atoms with Gasteiger partial charge in [-0.15, -0.1) is 11.3 Å². The van der Waals surface area contributed by atoms with Gasteiger partial charge < -0.3 is 6.15 Å². The fourth-order valence-electron chi connectivity index (χ4n) is 1.39. The molecule has 0 spiro atoms. The molecule has 0 aliphatic rings. The molecule has 0 fully saturated rings. The number of hydrogen-bond donors (Lipinski definition) is 1. The third-order valence-electron chi connectivity index (χ3n) is 1.99. The van der Waals surface area contributed by atoms with Gasteiger partial charge in [-0.05, 0) is 19.4 Å². The Kier molecular flexibility index (Phi) is 3.01. The molecule has 0 saturated heterocycles. The van der Waals surface area contributed by atoms with Gasteiger partial charge in [-0.2, -0.15) is 0 Å². The summed E-state index contributed by atoms with van der Waals surface area (Å²) in [6.45, 7) is 3.74. The molecular formula is C9H11N3O2S. The fraction of sp³-hybridized carbons (Fsp3) is 0.222. The Hall–Kier alpha value is -1.53. The van der Waals surface area contributed by atoms with Crippen LogP contribution in [0, 0.1) is 24.0 Å². The minimum absolute atomic E-state index is 0. The molecule has 0 radical (unpaired) electrons. The zero-order valence-electron chi connectivity index (χ0n) is 8.48. The molecule has 0 unspecified atom stereocenters. The lowest BCUT2D eigenvalue weighted by Crippen LogP contribution is -1.88. The molecule has 2 rings (SSSR count). The van der Waals surface area contributed by atoms with Crippen molar-refractivity contribution in [3.8, 4) is 0 Å². The van der Waals surface area contributed by atoms with Gasteiger partial charge in [0, 0.05) is 12.1 Å². The van der Waals surface area contributed by atoms with Crippen molar-refractivity contribution in [3.63, 3.8) is 0 Å². The predicted molar refractivity (Wildman–Crippen MR) is 60.8 cm³/mol. The van der Waals surface area contributed by atoms with Crippen LogP contribution in [0.5, 0.6) is 0 Å². The zero-order chi connectivity index (χ0) is 10.3. The van der Waals surface area contributed by atoms with E-state index in [0.717, 1.165) is 20.8 Å². The highest BCUT2D eigenvalue weighted by atomic mass is 32.1. The van der Waals surface area contributed by atoms with E-state index in [4.69, 9.17) is 0 Å². The summed E-state index contributed by atoms with van der Waals surface area (Å²) < 4.78 is 0.884. The van der Waals surface area contributed by atoms with E-state index < -0.39 is 0 Å². The second-order valence-corrected chi connectivity index (χ2v) is 4.33. The first kappa shape index (κ1) is 11.5. The van der Waals surface area contributed by atoms with E-state index in [2.05, 4.69) is 4.98 Å². The number of hydrogen-bond acceptors (Lipinski definition) is 5. The highest BCUT2D eigenvalue weighted by Crippen LogP contribution is 2.28. The maximum Gasteiger partial charge on any atom is 0.271 e. The van der Waals surface area contributed by atoms with E-state index in [-0.39, 0.29) is 16.8 Å². The number of aryl methyl sites for hydroxylation is 2. The lowest BCUT2D eigenvalue weighted by molar-refractivity contribution is -0.384. The highest BCUT2D eigenvalue weighted by molar-refractivity contribution is 7.18. The average Bonchev–Trinajstić information content (AvgIpc) is 2.45. The molecule has 6 heteroatoms. The summed E-state index contributed by atoms with van der Waals surface area (Å²) in [7, 11) is 0. The molecular weight excluding hydrogens is 214 g/mol. The van der Waals surface area contributed by atoms with E-state index in [1.54, 1.807) is 12.1 Å². The number of non-ortho nitro benzene ring substituents is 1. The van der Waals surface area contributed by atoms with Gasteiger partial charge in [0.05, 0.1) is 20.1 Å². The van der Waals surface area contributed by atoms with Crippen LogP contribution in [0.4, 0.5) is 5.69 Å². The molecule has 80 valence electrons. The Morgan fingerprint density at radius 3 is 2.67 bits per heavy atom. The van der Waals surface area contributed by atoms with E-state index in [9.17, 15) is 10.1 Å². The molecule has 0 aliphatic carbocycles. The van der Waals surface area contributed by atoms with Crippen molar-refractivity contribution in [2.75, 3.05) is 0 Å². The summed E-state index contributed by atoms with van der Waals surface area (Å²) in [6, 6.07) is 3.13. The molecule has 0 saturated carbocycles. The second kappa shape index (κ2) is 3.92. The van der Waals surface area contributed by atoms with Crippen LogP contribution < -0.4 is 6.15 Å². The number of aromatic nitrogens is 1. The summed E-state index contributed by atoms with van der Waals surface area (Å²) in [5.74, 6) is 0. The van der Waals surface area contributed by atoms with Crippen LogP contribution in [0.15, 0.2) is 12.1 Å². The molecule has 3 N–H and O–H groups in total. The summed E-state index contributed by atoms with van der Waals surface area (Å²) in [6.07, 6.45) is 0. The number of nitro benzene ring substituents is 1. The molecule has 5 nitrogen and oxygen atoms in total. The number of thiazole rings is 1. The largest absolute Gasteiger partial charge is 0.344 e. The van der Waals surface area contributed by atoms with E-state index in [1.165, 1.54) is 11.3 Å². The number of nitrogens with zero attached hydrogens (tertiary/aromatic N) is 2. The summed E-state index contributed by atoms with van der Waals surface area (Å²) in [5, 5.41) is 11.5. The Bertz CT molecular complexity index is 521. The normalized spacial score (nSPS) is 10.0. The minimum Gasteiger partial charge on any atom is -0.344 e. The van der Waals surface area contributed by atoms with Crippen LogP contribution in [0.2, 0.25) is 0 Å². The highest BCUT2D eigenvalue weighted by Gasteiger charge is 2.11. The topological polar surface area (TPSA) is 91.0 Å². The Morgan fingerprint density at radius 1 is 1.40 bits per heavy atom. The van der Waals surface area contributed by atoms with Gasteiger partial charge in [0.15, 0.2) is 0 Å². The van der Waals surface area contributed by atoms with Crippen molar-refractivity contribution in [3.05, 3.63) is 32.8 Å². The molecule has 1 aromatic carbocycles. The molecule has 15 heavy (non-hydrogen) atoms. The predicted octanol–water partition coefficient (Wildman–Crippen LogP) is 2.98. The van der Waals surface area contributed by atoms with Gasteiger partial charge in [0.1, 0.15) is 0 Å². The Labute approximate surface area is 90.5 Å². The average molecular weight is 225 g/mol. The Balaban J connectivity index is 0.00000112. The van der Waals surface area contributed by atoms with Crippen LogP contribution in [-0.2, 0) is 0 Å². The van der Waals surface area contributed by atoms with Crippen molar-refractivity contribution in [2.45, 2.75) is 13.8 Å². The van der Waals surface area contributed by atoms with Crippen molar-refractivity contribution in [1.29, 1.82) is 0 Å². The van der Waals surface area contributed by atoms with Gasteiger partial charge in [-0.25, -0.2) is 4.98 Å². The van der Waals surface area contributed by atoms with Crippen LogP contribution >= 0.6 is 11.3 Å². The van der Waals surface area contributed by atoms with E-state index in [0.29, 0.717) is 0 Å². The smallest absolute Gasteiger partial charge is 0.271 e. The van der Waals surface area contributed by atoms with E-state index in [1.807, 2.05) is 13.8 Å². The molecule has 0 aliphatic heterocycles. The quantitative estimate of drug-likeness (QED) is 0.596. The van der Waals surface area contributed by atoms with Crippen molar-refractivity contribution in [1.82, 2.24) is 11.1 Å². The van der Waals surface area contributed by atoms with Crippen molar-refractivity contribution >= 4 is 27.2 Å². The van der Waals surface area contributed by atoms with Gasteiger partial charge in [-0.3, -0.25) is 10.1 Å². The van der Waals surface area contributed by atoms with Crippen LogP contribution in [-0.4, -0.2) is 9.91 Å². The van der Waals surface area contributed by atoms with Crippen LogP contribution in [0.3, 0.4) is 0 Å². The molecule has 1 aromatic heterocycles. The molecule has 0 atom stereocenters. The summed E-state index contributed by atoms with van der Waals surface area (Å²) >= 11 is 1.48. The fourth-order valence-corrected chi connectivity index (χ4v) is 2.33. The third-order valence-corrected chi connectivity index (χ3v) is 2.91. The van der Waals surface area contributed by atoms with Gasteiger partial charge in [0.2, 0.25) is 0 Å². The van der Waals surface area contributed by atoms with Gasteiger partial charge in [0.25, 0.3) is 5.69 Å². The monoisotopic (exact) mass is 225 g/mol. The lowest BCUT2D eigenvalue weighted by atomic mass is 10.2. The zero-order valence-corrected chi connectivity index (χ0v) is 9.30. The first-order chi connectivity index (χ1) is 6.58. The standard InChI is InChI=1S/C9H8N2O2S.H3N/c1-5-3-7(11(12)13)4-8-9(5)10-6(2)14-8;/h3-4H,1-2H3;1H3. The number of fused-ring (bicyclic) bond motifs is 1. The SMILES string of the molecule is Cc1nc2c(C)cc([N+](=O)[O-])cc2s1.N. The summed E-state index contributed by atoms with van der Waals surface area (Å²) in [5.41, 5.74) is 1.87. The van der Waals surface area contributed by atoms with E-state index >= 15 is 0 Å².